The number of ether oxygens (including phenoxy) is 1. The van der Waals surface area contributed by atoms with Crippen LogP contribution in [0.4, 0.5) is 5.88 Å². The van der Waals surface area contributed by atoms with Crippen molar-refractivity contribution in [2.75, 3.05) is 38.3 Å². The molecule has 1 aliphatic heterocycles. The number of hydrogen-bond acceptors (Lipinski definition) is 5. The van der Waals surface area contributed by atoms with Gasteiger partial charge in [0.05, 0.1) is 12.2 Å². The van der Waals surface area contributed by atoms with Gasteiger partial charge in [-0.1, -0.05) is 42.4 Å². The fourth-order valence-corrected chi connectivity index (χ4v) is 3.13. The van der Waals surface area contributed by atoms with Crippen LogP contribution in [0, 0.1) is 5.92 Å². The van der Waals surface area contributed by atoms with Crippen molar-refractivity contribution >= 4 is 5.88 Å². The van der Waals surface area contributed by atoms with Crippen LogP contribution in [0.15, 0.2) is 34.9 Å². The van der Waals surface area contributed by atoms with E-state index in [9.17, 15) is 0 Å². The van der Waals surface area contributed by atoms with Gasteiger partial charge in [0.1, 0.15) is 5.69 Å². The summed E-state index contributed by atoms with van der Waals surface area (Å²) >= 11 is 0. The molecule has 0 aliphatic carbocycles. The number of piperidine rings is 1. The molecule has 24 heavy (non-hydrogen) atoms. The number of nitrogens with zero attached hydrogens (tertiary/aromatic N) is 2. The molecule has 0 spiro atoms. The third kappa shape index (κ3) is 3.97. The van der Waals surface area contributed by atoms with E-state index < -0.39 is 0 Å². The number of anilines is 1. The van der Waals surface area contributed by atoms with Crippen molar-refractivity contribution in [2.24, 2.45) is 5.92 Å². The molecular weight excluding hydrogens is 302 g/mol. The van der Waals surface area contributed by atoms with Gasteiger partial charge in [-0.2, -0.15) is 0 Å². The number of methoxy groups -OCH3 is 1. The summed E-state index contributed by atoms with van der Waals surface area (Å²) in [6.45, 7) is 6.64. The molecule has 0 saturated carbocycles. The van der Waals surface area contributed by atoms with Crippen LogP contribution < -0.4 is 10.2 Å². The van der Waals surface area contributed by atoms with Crippen LogP contribution in [0.3, 0.4) is 0 Å². The smallest absolute Gasteiger partial charge is 0.232 e. The van der Waals surface area contributed by atoms with E-state index in [-0.39, 0.29) is 0 Å². The highest BCUT2D eigenvalue weighted by atomic mass is 16.5. The molecule has 0 radical (unpaired) electrons. The Morgan fingerprint density at radius 1 is 1.25 bits per heavy atom. The second-order valence-corrected chi connectivity index (χ2v) is 6.52. The largest absolute Gasteiger partial charge is 0.383 e. The van der Waals surface area contributed by atoms with Crippen molar-refractivity contribution in [3.63, 3.8) is 0 Å². The van der Waals surface area contributed by atoms with E-state index in [4.69, 9.17) is 9.26 Å². The Balaban J connectivity index is 1.83. The Labute approximate surface area is 144 Å². The van der Waals surface area contributed by atoms with Gasteiger partial charge in [-0.3, -0.25) is 0 Å². The van der Waals surface area contributed by atoms with Crippen molar-refractivity contribution in [3.05, 3.63) is 35.9 Å². The van der Waals surface area contributed by atoms with Crippen molar-refractivity contribution < 1.29 is 9.26 Å². The SMILES string of the molecule is COCCNCc1c(-c2ccccc2)noc1N1CCC(C)CC1. The van der Waals surface area contributed by atoms with E-state index in [2.05, 4.69) is 34.4 Å². The van der Waals surface area contributed by atoms with Crippen molar-refractivity contribution in [2.45, 2.75) is 26.3 Å². The number of rotatable bonds is 7. The normalized spacial score (nSPS) is 15.8. The van der Waals surface area contributed by atoms with Crippen LogP contribution in [0.1, 0.15) is 25.3 Å². The lowest BCUT2D eigenvalue weighted by molar-refractivity contribution is 0.199. The van der Waals surface area contributed by atoms with Gasteiger partial charge in [0.15, 0.2) is 0 Å². The summed E-state index contributed by atoms with van der Waals surface area (Å²) in [6.07, 6.45) is 2.41. The first-order valence-electron chi connectivity index (χ1n) is 8.78. The second-order valence-electron chi connectivity index (χ2n) is 6.52. The Kier molecular flexibility index (Phi) is 5.88. The summed E-state index contributed by atoms with van der Waals surface area (Å²) in [7, 11) is 1.72. The number of nitrogens with one attached hydrogen (secondary N) is 1. The highest BCUT2D eigenvalue weighted by molar-refractivity contribution is 5.68. The second kappa shape index (κ2) is 8.31. The van der Waals surface area contributed by atoms with Crippen molar-refractivity contribution in [3.8, 4) is 11.3 Å². The molecule has 1 aliphatic rings. The topological polar surface area (TPSA) is 50.5 Å². The summed E-state index contributed by atoms with van der Waals surface area (Å²) in [4.78, 5) is 2.34. The van der Waals surface area contributed by atoms with Gasteiger partial charge >= 0.3 is 0 Å². The predicted molar refractivity (Wildman–Crippen MR) is 96.1 cm³/mol. The molecule has 1 fully saturated rings. The fraction of sp³-hybridized carbons (Fsp3) is 0.526. The van der Waals surface area contributed by atoms with Gasteiger partial charge in [-0.05, 0) is 18.8 Å². The summed E-state index contributed by atoms with van der Waals surface area (Å²) in [5.41, 5.74) is 3.18. The van der Waals surface area contributed by atoms with E-state index in [0.29, 0.717) is 6.61 Å². The van der Waals surface area contributed by atoms with E-state index in [1.54, 1.807) is 7.11 Å². The Morgan fingerprint density at radius 3 is 2.71 bits per heavy atom. The van der Waals surface area contributed by atoms with Crippen LogP contribution in [0.25, 0.3) is 11.3 Å². The predicted octanol–water partition coefficient (Wildman–Crippen LogP) is 3.31. The van der Waals surface area contributed by atoms with E-state index in [1.165, 1.54) is 12.8 Å². The zero-order chi connectivity index (χ0) is 16.8. The number of aromatic nitrogens is 1. The van der Waals surface area contributed by atoms with Gasteiger partial charge in [-0.25, -0.2) is 0 Å². The maximum atomic E-state index is 5.79. The summed E-state index contributed by atoms with van der Waals surface area (Å²) < 4.78 is 10.9. The maximum absolute atomic E-state index is 5.79. The first kappa shape index (κ1) is 17.0. The molecule has 1 saturated heterocycles. The minimum atomic E-state index is 0.697. The van der Waals surface area contributed by atoms with Gasteiger partial charge < -0.3 is 19.5 Å². The van der Waals surface area contributed by atoms with Gasteiger partial charge in [0.25, 0.3) is 0 Å². The molecule has 0 unspecified atom stereocenters. The van der Waals surface area contributed by atoms with Crippen LogP contribution >= 0.6 is 0 Å². The third-order valence-corrected chi connectivity index (χ3v) is 4.67. The molecule has 2 aromatic rings. The average molecular weight is 329 g/mol. The van der Waals surface area contributed by atoms with Crippen molar-refractivity contribution in [1.29, 1.82) is 0 Å². The van der Waals surface area contributed by atoms with E-state index in [1.807, 2.05) is 18.2 Å². The standard InChI is InChI=1S/C19H27N3O2/c1-15-8-11-22(12-9-15)19-17(14-20-10-13-23-2)18(21-24-19)16-6-4-3-5-7-16/h3-7,15,20H,8-14H2,1-2H3. The van der Waals surface area contributed by atoms with Gasteiger partial charge in [0.2, 0.25) is 5.88 Å². The highest BCUT2D eigenvalue weighted by Crippen LogP contribution is 2.33. The molecular formula is C19H27N3O2. The molecule has 0 amide bonds. The molecule has 0 atom stereocenters. The molecule has 1 N–H and O–H groups in total. The van der Waals surface area contributed by atoms with Crippen LogP contribution in [-0.4, -0.2) is 38.5 Å². The molecule has 0 bridgehead atoms. The lowest BCUT2D eigenvalue weighted by atomic mass is 9.99. The van der Waals surface area contributed by atoms with Crippen LogP contribution in [-0.2, 0) is 11.3 Å². The summed E-state index contributed by atoms with van der Waals surface area (Å²) in [6, 6.07) is 10.3. The minimum absolute atomic E-state index is 0.697. The lowest BCUT2D eigenvalue weighted by Crippen LogP contribution is -2.33. The molecule has 5 nitrogen and oxygen atoms in total. The van der Waals surface area contributed by atoms with Gasteiger partial charge in [-0.15, -0.1) is 0 Å². The van der Waals surface area contributed by atoms with Crippen LogP contribution in [0.2, 0.25) is 0 Å². The average Bonchev–Trinajstić information content (AvgIpc) is 3.04. The summed E-state index contributed by atoms with van der Waals surface area (Å²) in [5, 5.41) is 7.83. The molecule has 5 heteroatoms. The quantitative estimate of drug-likeness (QED) is 0.790. The lowest BCUT2D eigenvalue weighted by Gasteiger charge is -2.30. The Bertz CT molecular complexity index is 619. The third-order valence-electron chi connectivity index (χ3n) is 4.67. The van der Waals surface area contributed by atoms with E-state index >= 15 is 0 Å². The number of benzene rings is 1. The van der Waals surface area contributed by atoms with Crippen LogP contribution in [0.5, 0.6) is 0 Å². The molecule has 1 aromatic carbocycles. The Morgan fingerprint density at radius 2 is 2.00 bits per heavy atom. The molecule has 3 rings (SSSR count). The van der Waals surface area contributed by atoms with E-state index in [0.717, 1.165) is 54.8 Å². The van der Waals surface area contributed by atoms with Gasteiger partial charge in [0, 0.05) is 38.9 Å². The number of hydrogen-bond donors (Lipinski definition) is 1. The monoisotopic (exact) mass is 329 g/mol. The zero-order valence-corrected chi connectivity index (χ0v) is 14.6. The maximum Gasteiger partial charge on any atom is 0.232 e. The van der Waals surface area contributed by atoms with Crippen molar-refractivity contribution in [1.82, 2.24) is 10.5 Å². The first-order valence-corrected chi connectivity index (χ1v) is 8.78. The zero-order valence-electron chi connectivity index (χ0n) is 14.6. The fourth-order valence-electron chi connectivity index (χ4n) is 3.13. The Hall–Kier alpha value is -1.85. The minimum Gasteiger partial charge on any atom is -0.383 e. The first-order chi connectivity index (χ1) is 11.8. The molecule has 130 valence electrons. The summed E-state index contributed by atoms with van der Waals surface area (Å²) in [5.74, 6) is 1.71. The molecule has 2 heterocycles. The highest BCUT2D eigenvalue weighted by Gasteiger charge is 2.25. The molecule has 1 aromatic heterocycles.